The molecule has 0 saturated heterocycles. The summed E-state index contributed by atoms with van der Waals surface area (Å²) in [5, 5.41) is 0. The summed E-state index contributed by atoms with van der Waals surface area (Å²) in [5.41, 5.74) is 2.31. The topological polar surface area (TPSA) is 4.93 Å². The van der Waals surface area contributed by atoms with Crippen LogP contribution in [0.4, 0.5) is 4.39 Å². The normalized spacial score (nSPS) is 10.6. The van der Waals surface area contributed by atoms with Crippen LogP contribution in [0, 0.1) is 5.82 Å². The standard InChI is InChI=1S/C14H16FN/c1-2-3-5-13-6-4-11-16(13)14-9-7-12(15)8-10-14/h4,6-11H,2-3,5H2,1H3. The van der Waals surface area contributed by atoms with E-state index in [0.717, 1.165) is 12.1 Å². The van der Waals surface area contributed by atoms with Gasteiger partial charge in [0.05, 0.1) is 0 Å². The molecule has 84 valence electrons. The van der Waals surface area contributed by atoms with Crippen molar-refractivity contribution in [1.29, 1.82) is 0 Å². The molecule has 2 rings (SSSR count). The lowest BCUT2D eigenvalue weighted by Crippen LogP contribution is -1.98. The number of aryl methyl sites for hydroxylation is 1. The molecule has 0 spiro atoms. The number of benzene rings is 1. The minimum atomic E-state index is -0.189. The molecule has 1 aromatic carbocycles. The van der Waals surface area contributed by atoms with Gasteiger partial charge in [-0.1, -0.05) is 13.3 Å². The van der Waals surface area contributed by atoms with Gasteiger partial charge in [0.15, 0.2) is 0 Å². The Kier molecular flexibility index (Phi) is 3.40. The lowest BCUT2D eigenvalue weighted by molar-refractivity contribution is 0.627. The first kappa shape index (κ1) is 10.9. The molecule has 0 N–H and O–H groups in total. The molecule has 0 bridgehead atoms. The zero-order valence-corrected chi connectivity index (χ0v) is 9.49. The van der Waals surface area contributed by atoms with Crippen molar-refractivity contribution in [2.45, 2.75) is 26.2 Å². The van der Waals surface area contributed by atoms with Gasteiger partial charge in [-0.3, -0.25) is 0 Å². The molecule has 0 aliphatic carbocycles. The van der Waals surface area contributed by atoms with Crippen LogP contribution in [0.25, 0.3) is 5.69 Å². The lowest BCUT2D eigenvalue weighted by atomic mass is 10.2. The molecule has 1 nitrogen and oxygen atoms in total. The average Bonchev–Trinajstić information content (AvgIpc) is 2.75. The van der Waals surface area contributed by atoms with Crippen LogP contribution in [-0.2, 0) is 6.42 Å². The number of unbranched alkanes of at least 4 members (excludes halogenated alkanes) is 1. The molecule has 0 saturated carbocycles. The van der Waals surface area contributed by atoms with Gasteiger partial charge in [-0.25, -0.2) is 4.39 Å². The van der Waals surface area contributed by atoms with Gasteiger partial charge in [0.2, 0.25) is 0 Å². The van der Waals surface area contributed by atoms with Gasteiger partial charge in [0.1, 0.15) is 5.82 Å². The first-order chi connectivity index (χ1) is 7.81. The summed E-state index contributed by atoms with van der Waals surface area (Å²) in [6.45, 7) is 2.19. The van der Waals surface area contributed by atoms with E-state index in [4.69, 9.17) is 0 Å². The maximum Gasteiger partial charge on any atom is 0.123 e. The van der Waals surface area contributed by atoms with Crippen molar-refractivity contribution in [1.82, 2.24) is 4.57 Å². The van der Waals surface area contributed by atoms with Gasteiger partial charge in [-0.2, -0.15) is 0 Å². The Morgan fingerprint density at radius 1 is 1.12 bits per heavy atom. The van der Waals surface area contributed by atoms with Crippen LogP contribution in [-0.4, -0.2) is 4.57 Å². The molecule has 1 heterocycles. The first-order valence-electron chi connectivity index (χ1n) is 5.73. The Bertz CT molecular complexity index is 442. The van der Waals surface area contributed by atoms with Crippen LogP contribution >= 0.6 is 0 Å². The van der Waals surface area contributed by atoms with Crippen LogP contribution in [0.3, 0.4) is 0 Å². The van der Waals surface area contributed by atoms with Crippen LogP contribution < -0.4 is 0 Å². The van der Waals surface area contributed by atoms with Gasteiger partial charge >= 0.3 is 0 Å². The molecule has 2 aromatic rings. The summed E-state index contributed by atoms with van der Waals surface area (Å²) in [5.74, 6) is -0.189. The third-order valence-electron chi connectivity index (χ3n) is 2.72. The highest BCUT2D eigenvalue weighted by atomic mass is 19.1. The van der Waals surface area contributed by atoms with Gasteiger partial charge < -0.3 is 4.57 Å². The summed E-state index contributed by atoms with van der Waals surface area (Å²) in [7, 11) is 0. The van der Waals surface area contributed by atoms with E-state index in [2.05, 4.69) is 17.6 Å². The van der Waals surface area contributed by atoms with Crippen LogP contribution in [0.5, 0.6) is 0 Å². The Morgan fingerprint density at radius 3 is 2.56 bits per heavy atom. The minimum absolute atomic E-state index is 0.189. The fourth-order valence-electron chi connectivity index (χ4n) is 1.83. The van der Waals surface area contributed by atoms with Crippen molar-refractivity contribution in [3.8, 4) is 5.69 Å². The van der Waals surface area contributed by atoms with E-state index >= 15 is 0 Å². The van der Waals surface area contributed by atoms with Crippen molar-refractivity contribution < 1.29 is 4.39 Å². The average molecular weight is 217 g/mol. The smallest absolute Gasteiger partial charge is 0.123 e. The molecule has 0 amide bonds. The van der Waals surface area contributed by atoms with Crippen LogP contribution in [0.15, 0.2) is 42.6 Å². The van der Waals surface area contributed by atoms with E-state index < -0.39 is 0 Å². The van der Waals surface area contributed by atoms with E-state index in [1.165, 1.54) is 30.7 Å². The number of nitrogens with zero attached hydrogens (tertiary/aromatic N) is 1. The van der Waals surface area contributed by atoms with Gasteiger partial charge in [0.25, 0.3) is 0 Å². The second-order valence-electron chi connectivity index (χ2n) is 3.95. The minimum Gasteiger partial charge on any atom is -0.321 e. The van der Waals surface area contributed by atoms with Crippen LogP contribution in [0.2, 0.25) is 0 Å². The quantitative estimate of drug-likeness (QED) is 0.730. The van der Waals surface area contributed by atoms with Gasteiger partial charge in [-0.05, 0) is 49.2 Å². The maximum absolute atomic E-state index is 12.8. The Hall–Kier alpha value is -1.57. The Morgan fingerprint density at radius 2 is 1.88 bits per heavy atom. The van der Waals surface area contributed by atoms with Crippen molar-refractivity contribution >= 4 is 0 Å². The molecule has 0 radical (unpaired) electrons. The molecule has 1 aromatic heterocycles. The Labute approximate surface area is 95.5 Å². The highest BCUT2D eigenvalue weighted by Crippen LogP contribution is 2.15. The molecule has 0 aliphatic heterocycles. The third kappa shape index (κ3) is 2.32. The molecular weight excluding hydrogens is 201 g/mol. The predicted octanol–water partition coefficient (Wildman–Crippen LogP) is 3.96. The molecule has 0 atom stereocenters. The number of aromatic nitrogens is 1. The number of halogens is 1. The lowest BCUT2D eigenvalue weighted by Gasteiger charge is -2.08. The largest absolute Gasteiger partial charge is 0.321 e. The molecular formula is C14H16FN. The highest BCUT2D eigenvalue weighted by Gasteiger charge is 2.02. The monoisotopic (exact) mass is 217 g/mol. The summed E-state index contributed by atoms with van der Waals surface area (Å²) < 4.78 is 14.9. The number of hydrogen-bond acceptors (Lipinski definition) is 0. The van der Waals surface area contributed by atoms with Gasteiger partial charge in [-0.15, -0.1) is 0 Å². The van der Waals surface area contributed by atoms with Gasteiger partial charge in [0, 0.05) is 17.6 Å². The zero-order chi connectivity index (χ0) is 11.4. The summed E-state index contributed by atoms with van der Waals surface area (Å²) >= 11 is 0. The molecule has 0 unspecified atom stereocenters. The SMILES string of the molecule is CCCCc1cccn1-c1ccc(F)cc1. The number of rotatable bonds is 4. The molecule has 0 fully saturated rings. The summed E-state index contributed by atoms with van der Waals surface area (Å²) in [4.78, 5) is 0. The number of hydrogen-bond donors (Lipinski definition) is 0. The first-order valence-corrected chi connectivity index (χ1v) is 5.73. The second-order valence-corrected chi connectivity index (χ2v) is 3.95. The molecule has 2 heteroatoms. The van der Waals surface area contributed by atoms with E-state index in [0.29, 0.717) is 0 Å². The van der Waals surface area contributed by atoms with E-state index in [-0.39, 0.29) is 5.82 Å². The predicted molar refractivity (Wildman–Crippen MR) is 64.3 cm³/mol. The van der Waals surface area contributed by atoms with E-state index in [9.17, 15) is 4.39 Å². The second kappa shape index (κ2) is 4.97. The van der Waals surface area contributed by atoms with Crippen molar-refractivity contribution in [2.75, 3.05) is 0 Å². The maximum atomic E-state index is 12.8. The zero-order valence-electron chi connectivity index (χ0n) is 9.49. The Balaban J connectivity index is 2.26. The van der Waals surface area contributed by atoms with Crippen molar-refractivity contribution in [2.24, 2.45) is 0 Å². The van der Waals surface area contributed by atoms with Crippen molar-refractivity contribution in [3.63, 3.8) is 0 Å². The fraction of sp³-hybridized carbons (Fsp3) is 0.286. The summed E-state index contributed by atoms with van der Waals surface area (Å²) in [6, 6.07) is 10.8. The van der Waals surface area contributed by atoms with E-state index in [1.807, 2.05) is 24.4 Å². The van der Waals surface area contributed by atoms with Crippen molar-refractivity contribution in [3.05, 3.63) is 54.1 Å². The van der Waals surface area contributed by atoms with Crippen LogP contribution in [0.1, 0.15) is 25.5 Å². The third-order valence-corrected chi connectivity index (χ3v) is 2.72. The molecule has 0 aliphatic rings. The fourth-order valence-corrected chi connectivity index (χ4v) is 1.83. The summed E-state index contributed by atoms with van der Waals surface area (Å²) in [6.07, 6.45) is 5.47. The highest BCUT2D eigenvalue weighted by molar-refractivity contribution is 5.35. The molecule has 16 heavy (non-hydrogen) atoms. The van der Waals surface area contributed by atoms with E-state index in [1.54, 1.807) is 0 Å².